The molecule has 0 aromatic heterocycles. The van der Waals surface area contributed by atoms with Gasteiger partial charge in [0.2, 0.25) is 0 Å². The number of rotatable bonds is 3. The fourth-order valence-electron chi connectivity index (χ4n) is 12.4. The van der Waals surface area contributed by atoms with Gasteiger partial charge in [0.15, 0.2) is 0 Å². The van der Waals surface area contributed by atoms with Crippen LogP contribution in [0, 0.1) is 23.7 Å². The van der Waals surface area contributed by atoms with Crippen molar-refractivity contribution in [2.24, 2.45) is 23.7 Å². The molecule has 1 spiro atoms. The largest absolute Gasteiger partial charge is 0.0622 e. The first kappa shape index (κ1) is 29.2. The molecule has 8 aromatic rings. The molecule has 0 N–H and O–H groups in total. The highest BCUT2D eigenvalue weighted by atomic mass is 14.6. The van der Waals surface area contributed by atoms with Crippen molar-refractivity contribution in [1.29, 1.82) is 0 Å². The zero-order chi connectivity index (χ0) is 34.0. The third-order valence-electron chi connectivity index (χ3n) is 14.0. The number of hydrogen-bond donors (Lipinski definition) is 0. The molecule has 0 heterocycles. The Labute approximate surface area is 305 Å². The second kappa shape index (κ2) is 10.8. The van der Waals surface area contributed by atoms with Crippen molar-refractivity contribution in [2.45, 2.75) is 37.5 Å². The molecular formula is C52H40. The number of fused-ring (bicyclic) bond motifs is 7. The maximum absolute atomic E-state index is 2.64. The lowest BCUT2D eigenvalue weighted by atomic mass is 9.43. The van der Waals surface area contributed by atoms with Gasteiger partial charge < -0.3 is 0 Å². The van der Waals surface area contributed by atoms with Crippen LogP contribution in [0.2, 0.25) is 0 Å². The molecule has 5 aliphatic rings. The molecule has 0 radical (unpaired) electrons. The maximum Gasteiger partial charge on any atom is 0.0278 e. The molecule has 0 aliphatic heterocycles. The quantitative estimate of drug-likeness (QED) is 0.165. The van der Waals surface area contributed by atoms with Gasteiger partial charge in [-0.3, -0.25) is 0 Å². The van der Waals surface area contributed by atoms with Crippen LogP contribution in [0.5, 0.6) is 0 Å². The lowest BCUT2D eigenvalue weighted by molar-refractivity contribution is -0.0393. The summed E-state index contributed by atoms with van der Waals surface area (Å²) in [5.41, 5.74) is 14.2. The van der Waals surface area contributed by atoms with E-state index in [2.05, 4.69) is 158 Å². The third kappa shape index (κ3) is 3.83. The van der Waals surface area contributed by atoms with Crippen molar-refractivity contribution in [3.05, 3.63) is 169 Å². The van der Waals surface area contributed by atoms with E-state index in [1.54, 1.807) is 11.1 Å². The summed E-state index contributed by atoms with van der Waals surface area (Å²) in [5, 5.41) is 8.15. The minimum Gasteiger partial charge on any atom is -0.0622 e. The van der Waals surface area contributed by atoms with E-state index in [1.165, 1.54) is 109 Å². The van der Waals surface area contributed by atoms with Crippen molar-refractivity contribution < 1.29 is 0 Å². The lowest BCUT2D eigenvalue weighted by Gasteiger charge is -2.61. The summed E-state index contributed by atoms with van der Waals surface area (Å²) in [5.74, 6) is 3.35. The molecule has 4 bridgehead atoms. The van der Waals surface area contributed by atoms with Crippen LogP contribution in [0.15, 0.2) is 158 Å². The summed E-state index contributed by atoms with van der Waals surface area (Å²) >= 11 is 0. The van der Waals surface area contributed by atoms with Gasteiger partial charge in [0, 0.05) is 5.41 Å². The predicted octanol–water partition coefficient (Wildman–Crippen LogP) is 13.9. The van der Waals surface area contributed by atoms with Crippen molar-refractivity contribution >= 4 is 32.3 Å². The molecule has 4 saturated carbocycles. The Bertz CT molecular complexity index is 2650. The SMILES string of the molecule is c1ccc(-c2ccc(-c3c4ccccc4c(-c4cc5c(c6ccccc46)C4(c6ccccc6-5)C5CC6CC(C5)CC4C6)c4ccccc34)cc2)cc1. The highest BCUT2D eigenvalue weighted by Crippen LogP contribution is 2.70. The summed E-state index contributed by atoms with van der Waals surface area (Å²) in [6.45, 7) is 0. The van der Waals surface area contributed by atoms with Gasteiger partial charge in [-0.05, 0) is 150 Å². The minimum atomic E-state index is 0.136. The van der Waals surface area contributed by atoms with E-state index >= 15 is 0 Å². The van der Waals surface area contributed by atoms with Gasteiger partial charge >= 0.3 is 0 Å². The Morgan fingerprint density at radius 2 is 0.827 bits per heavy atom. The second-order valence-electron chi connectivity index (χ2n) is 16.4. The monoisotopic (exact) mass is 664 g/mol. The van der Waals surface area contributed by atoms with Gasteiger partial charge in [-0.25, -0.2) is 0 Å². The van der Waals surface area contributed by atoms with Crippen molar-refractivity contribution in [2.75, 3.05) is 0 Å². The van der Waals surface area contributed by atoms with E-state index in [1.807, 2.05) is 0 Å². The average molecular weight is 665 g/mol. The molecule has 8 aromatic carbocycles. The molecule has 0 amide bonds. The van der Waals surface area contributed by atoms with Crippen LogP contribution in [0.25, 0.3) is 76.8 Å². The van der Waals surface area contributed by atoms with Gasteiger partial charge in [0.1, 0.15) is 0 Å². The van der Waals surface area contributed by atoms with E-state index < -0.39 is 0 Å². The molecule has 13 rings (SSSR count). The topological polar surface area (TPSA) is 0 Å². The van der Waals surface area contributed by atoms with Crippen LogP contribution >= 0.6 is 0 Å². The van der Waals surface area contributed by atoms with Crippen LogP contribution < -0.4 is 0 Å². The first-order valence-corrected chi connectivity index (χ1v) is 19.5. The van der Waals surface area contributed by atoms with E-state index in [9.17, 15) is 0 Å². The van der Waals surface area contributed by atoms with Crippen LogP contribution in [0.1, 0.15) is 43.2 Å². The molecule has 0 saturated heterocycles. The number of hydrogen-bond acceptors (Lipinski definition) is 0. The molecule has 4 fully saturated rings. The van der Waals surface area contributed by atoms with E-state index in [4.69, 9.17) is 0 Å². The normalized spacial score (nSPS) is 23.8. The fraction of sp³-hybridized carbons (Fsp3) is 0.192. The van der Waals surface area contributed by atoms with Crippen molar-refractivity contribution in [3.8, 4) is 44.5 Å². The molecule has 0 atom stereocenters. The minimum absolute atomic E-state index is 0.136. The van der Waals surface area contributed by atoms with E-state index in [-0.39, 0.29) is 5.41 Å². The summed E-state index contributed by atoms with van der Waals surface area (Å²) in [6, 6.07) is 60.0. The zero-order valence-electron chi connectivity index (χ0n) is 29.4. The van der Waals surface area contributed by atoms with Gasteiger partial charge in [0.25, 0.3) is 0 Å². The Kier molecular flexibility index (Phi) is 6.04. The van der Waals surface area contributed by atoms with Crippen LogP contribution in [0.4, 0.5) is 0 Å². The summed E-state index contributed by atoms with van der Waals surface area (Å²) in [6.07, 6.45) is 7.09. The first-order valence-electron chi connectivity index (χ1n) is 19.5. The summed E-state index contributed by atoms with van der Waals surface area (Å²) in [4.78, 5) is 0. The van der Waals surface area contributed by atoms with E-state index in [0.29, 0.717) is 0 Å². The molecule has 0 nitrogen and oxygen atoms in total. The van der Waals surface area contributed by atoms with Crippen LogP contribution in [0.3, 0.4) is 0 Å². The molecule has 0 unspecified atom stereocenters. The molecule has 5 aliphatic carbocycles. The molecular weight excluding hydrogens is 625 g/mol. The fourth-order valence-corrected chi connectivity index (χ4v) is 12.4. The van der Waals surface area contributed by atoms with Gasteiger partial charge in [-0.1, -0.05) is 152 Å². The number of benzene rings is 8. The van der Waals surface area contributed by atoms with Crippen LogP contribution in [-0.4, -0.2) is 0 Å². The highest BCUT2D eigenvalue weighted by molar-refractivity contribution is 6.24. The van der Waals surface area contributed by atoms with Gasteiger partial charge in [-0.15, -0.1) is 0 Å². The first-order chi connectivity index (χ1) is 25.8. The molecule has 248 valence electrons. The Balaban J connectivity index is 1.14. The Morgan fingerprint density at radius 1 is 0.346 bits per heavy atom. The highest BCUT2D eigenvalue weighted by Gasteiger charge is 2.62. The summed E-state index contributed by atoms with van der Waals surface area (Å²) in [7, 11) is 0. The smallest absolute Gasteiger partial charge is 0.0278 e. The predicted molar refractivity (Wildman–Crippen MR) is 219 cm³/mol. The lowest BCUT2D eigenvalue weighted by Crippen LogP contribution is -2.55. The molecule has 52 heavy (non-hydrogen) atoms. The standard InChI is InChI=1S/C52H40/c1-2-12-34(13-3-1)35-22-24-36(25-23-35)49-41-16-5-7-18-43(41)50(44-19-8-6-17-42(44)49)46-31-47-40-15-10-11-21-48(40)52(51(47)45-20-9-4-14-39(45)46)37-27-32-26-33(29-37)30-38(52)28-32/h1-25,31-33,37-38H,26-30H2. The zero-order valence-corrected chi connectivity index (χ0v) is 29.4. The molecule has 0 heteroatoms. The second-order valence-corrected chi connectivity index (χ2v) is 16.4. The van der Waals surface area contributed by atoms with Crippen molar-refractivity contribution in [1.82, 2.24) is 0 Å². The van der Waals surface area contributed by atoms with Crippen molar-refractivity contribution in [3.63, 3.8) is 0 Å². The Morgan fingerprint density at radius 3 is 1.46 bits per heavy atom. The summed E-state index contributed by atoms with van der Waals surface area (Å²) < 4.78 is 0. The van der Waals surface area contributed by atoms with E-state index in [0.717, 1.165) is 23.7 Å². The van der Waals surface area contributed by atoms with Crippen LogP contribution in [-0.2, 0) is 5.41 Å². The third-order valence-corrected chi connectivity index (χ3v) is 14.0. The van der Waals surface area contributed by atoms with Gasteiger partial charge in [0.05, 0.1) is 0 Å². The maximum atomic E-state index is 2.64. The Hall–Kier alpha value is -5.46. The average Bonchev–Trinajstić information content (AvgIpc) is 3.50. The van der Waals surface area contributed by atoms with Gasteiger partial charge in [-0.2, -0.15) is 0 Å².